The molecule has 0 saturated heterocycles. The van der Waals surface area contributed by atoms with E-state index in [9.17, 15) is 9.59 Å². The SMILES string of the molecule is C[C@@H](CCc1ccccc1)NC(=O)[C@@H](C)OC(=O)c1cccc(N(C)C)c1. The highest BCUT2D eigenvalue weighted by Gasteiger charge is 2.20. The number of hydrogen-bond donors (Lipinski definition) is 1. The minimum atomic E-state index is -0.848. The van der Waals surface area contributed by atoms with Crippen LogP contribution in [0.5, 0.6) is 0 Å². The Labute approximate surface area is 161 Å². The zero-order valence-electron chi connectivity index (χ0n) is 16.4. The van der Waals surface area contributed by atoms with Crippen LogP contribution in [0.4, 0.5) is 5.69 Å². The summed E-state index contributed by atoms with van der Waals surface area (Å²) in [6.07, 6.45) is 0.856. The average molecular weight is 368 g/mol. The number of anilines is 1. The first-order valence-corrected chi connectivity index (χ1v) is 9.19. The summed E-state index contributed by atoms with van der Waals surface area (Å²) in [6, 6.07) is 17.3. The molecule has 2 aromatic carbocycles. The molecule has 2 atom stereocenters. The average Bonchev–Trinajstić information content (AvgIpc) is 2.67. The zero-order chi connectivity index (χ0) is 19.8. The van der Waals surface area contributed by atoms with Crippen LogP contribution >= 0.6 is 0 Å². The van der Waals surface area contributed by atoms with E-state index in [0.29, 0.717) is 5.56 Å². The number of nitrogens with zero attached hydrogens (tertiary/aromatic N) is 1. The lowest BCUT2D eigenvalue weighted by molar-refractivity contribution is -0.129. The quantitative estimate of drug-likeness (QED) is 0.725. The second-order valence-corrected chi connectivity index (χ2v) is 6.93. The summed E-state index contributed by atoms with van der Waals surface area (Å²) in [6.45, 7) is 3.54. The third kappa shape index (κ3) is 6.44. The molecule has 27 heavy (non-hydrogen) atoms. The Morgan fingerprint density at radius 1 is 1.04 bits per heavy atom. The molecule has 2 aromatic rings. The molecule has 0 spiro atoms. The van der Waals surface area contributed by atoms with Gasteiger partial charge in [0.2, 0.25) is 0 Å². The Morgan fingerprint density at radius 3 is 2.41 bits per heavy atom. The molecule has 2 rings (SSSR count). The van der Waals surface area contributed by atoms with Crippen LogP contribution in [0.3, 0.4) is 0 Å². The summed E-state index contributed by atoms with van der Waals surface area (Å²) in [5.74, 6) is -0.786. The highest BCUT2D eigenvalue weighted by atomic mass is 16.5. The van der Waals surface area contributed by atoms with Gasteiger partial charge < -0.3 is 15.0 Å². The number of aryl methyl sites for hydroxylation is 1. The smallest absolute Gasteiger partial charge is 0.338 e. The minimum Gasteiger partial charge on any atom is -0.449 e. The van der Waals surface area contributed by atoms with Crippen LogP contribution in [0.2, 0.25) is 0 Å². The molecule has 5 nitrogen and oxygen atoms in total. The van der Waals surface area contributed by atoms with Crippen molar-refractivity contribution >= 4 is 17.6 Å². The first-order chi connectivity index (χ1) is 12.9. The van der Waals surface area contributed by atoms with Crippen LogP contribution in [-0.2, 0) is 16.0 Å². The van der Waals surface area contributed by atoms with Crippen LogP contribution in [0, 0.1) is 0 Å². The maximum Gasteiger partial charge on any atom is 0.338 e. The molecule has 0 aliphatic heterocycles. The molecule has 1 N–H and O–H groups in total. The lowest BCUT2D eigenvalue weighted by atomic mass is 10.1. The van der Waals surface area contributed by atoms with E-state index in [0.717, 1.165) is 18.5 Å². The van der Waals surface area contributed by atoms with Crippen LogP contribution in [-0.4, -0.2) is 38.1 Å². The van der Waals surface area contributed by atoms with E-state index >= 15 is 0 Å². The van der Waals surface area contributed by atoms with Crippen molar-refractivity contribution in [3.8, 4) is 0 Å². The van der Waals surface area contributed by atoms with Crippen molar-refractivity contribution in [2.45, 2.75) is 38.8 Å². The summed E-state index contributed by atoms with van der Waals surface area (Å²) >= 11 is 0. The molecule has 0 aliphatic carbocycles. The van der Waals surface area contributed by atoms with E-state index < -0.39 is 12.1 Å². The van der Waals surface area contributed by atoms with Gasteiger partial charge in [0, 0.05) is 25.8 Å². The zero-order valence-corrected chi connectivity index (χ0v) is 16.4. The number of ether oxygens (including phenoxy) is 1. The third-order valence-corrected chi connectivity index (χ3v) is 4.35. The van der Waals surface area contributed by atoms with E-state index in [-0.39, 0.29) is 11.9 Å². The minimum absolute atomic E-state index is 0.00377. The Kier molecular flexibility index (Phi) is 7.41. The summed E-state index contributed by atoms with van der Waals surface area (Å²) in [5, 5.41) is 2.91. The van der Waals surface area contributed by atoms with Gasteiger partial charge in [-0.25, -0.2) is 4.79 Å². The van der Waals surface area contributed by atoms with Crippen molar-refractivity contribution in [3.63, 3.8) is 0 Å². The molecular weight excluding hydrogens is 340 g/mol. The molecule has 1 amide bonds. The lowest BCUT2D eigenvalue weighted by Crippen LogP contribution is -2.41. The number of esters is 1. The molecule has 0 aliphatic rings. The van der Waals surface area contributed by atoms with Gasteiger partial charge in [-0.2, -0.15) is 0 Å². The van der Waals surface area contributed by atoms with Gasteiger partial charge in [-0.05, 0) is 50.5 Å². The number of hydrogen-bond acceptors (Lipinski definition) is 4. The predicted octanol–water partition coefficient (Wildman–Crippen LogP) is 3.44. The molecule has 0 fully saturated rings. The van der Waals surface area contributed by atoms with E-state index in [1.54, 1.807) is 25.1 Å². The van der Waals surface area contributed by atoms with Gasteiger partial charge in [-0.3, -0.25) is 4.79 Å². The summed E-state index contributed by atoms with van der Waals surface area (Å²) < 4.78 is 5.33. The van der Waals surface area contributed by atoms with Crippen LogP contribution in [0.1, 0.15) is 36.2 Å². The van der Waals surface area contributed by atoms with Gasteiger partial charge in [0.25, 0.3) is 5.91 Å². The summed E-state index contributed by atoms with van der Waals surface area (Å²) in [4.78, 5) is 26.5. The number of amides is 1. The highest BCUT2D eigenvalue weighted by molar-refractivity contribution is 5.93. The number of nitrogens with one attached hydrogen (secondary N) is 1. The van der Waals surface area contributed by atoms with Gasteiger partial charge in [-0.15, -0.1) is 0 Å². The summed E-state index contributed by atoms with van der Waals surface area (Å²) in [5.41, 5.74) is 2.56. The number of rotatable bonds is 8. The Morgan fingerprint density at radius 2 is 1.74 bits per heavy atom. The largest absolute Gasteiger partial charge is 0.449 e. The normalized spacial score (nSPS) is 12.7. The number of carbonyl (C=O) groups excluding carboxylic acids is 2. The second kappa shape index (κ2) is 9.76. The fourth-order valence-corrected chi connectivity index (χ4v) is 2.65. The van der Waals surface area contributed by atoms with Crippen molar-refractivity contribution < 1.29 is 14.3 Å². The molecule has 0 unspecified atom stereocenters. The van der Waals surface area contributed by atoms with Crippen molar-refractivity contribution in [1.29, 1.82) is 0 Å². The molecule has 0 saturated carbocycles. The molecule has 0 radical (unpaired) electrons. The molecule has 144 valence electrons. The Balaban J connectivity index is 1.83. The fraction of sp³-hybridized carbons (Fsp3) is 0.364. The van der Waals surface area contributed by atoms with Crippen molar-refractivity contribution in [2.24, 2.45) is 0 Å². The van der Waals surface area contributed by atoms with Crippen LogP contribution < -0.4 is 10.2 Å². The maximum atomic E-state index is 12.3. The molecule has 0 bridgehead atoms. The predicted molar refractivity (Wildman–Crippen MR) is 108 cm³/mol. The number of carbonyl (C=O) groups is 2. The van der Waals surface area contributed by atoms with Crippen molar-refractivity contribution in [1.82, 2.24) is 5.32 Å². The molecule has 5 heteroatoms. The van der Waals surface area contributed by atoms with E-state index in [2.05, 4.69) is 17.4 Å². The lowest BCUT2D eigenvalue weighted by Gasteiger charge is -2.18. The standard InChI is InChI=1S/C22H28N2O3/c1-16(13-14-18-9-6-5-7-10-18)23-21(25)17(2)27-22(26)19-11-8-12-20(15-19)24(3)4/h5-12,15-17H,13-14H2,1-4H3,(H,23,25)/t16-,17+/m0/s1. The van der Waals surface area contributed by atoms with Crippen LogP contribution in [0.15, 0.2) is 54.6 Å². The van der Waals surface area contributed by atoms with Gasteiger partial charge in [-0.1, -0.05) is 36.4 Å². The molecule has 0 aromatic heterocycles. The highest BCUT2D eigenvalue weighted by Crippen LogP contribution is 2.15. The van der Waals surface area contributed by atoms with Crippen molar-refractivity contribution in [3.05, 3.63) is 65.7 Å². The van der Waals surface area contributed by atoms with Crippen molar-refractivity contribution in [2.75, 3.05) is 19.0 Å². The second-order valence-electron chi connectivity index (χ2n) is 6.93. The van der Waals surface area contributed by atoms with Gasteiger partial charge in [0.05, 0.1) is 5.56 Å². The first-order valence-electron chi connectivity index (χ1n) is 9.19. The Bertz CT molecular complexity index is 759. The fourth-order valence-electron chi connectivity index (χ4n) is 2.65. The first kappa shape index (κ1) is 20.5. The van der Waals surface area contributed by atoms with Gasteiger partial charge >= 0.3 is 5.97 Å². The molecule has 0 heterocycles. The van der Waals surface area contributed by atoms with E-state index in [4.69, 9.17) is 4.74 Å². The number of benzene rings is 2. The van der Waals surface area contributed by atoms with Gasteiger partial charge in [0.15, 0.2) is 6.10 Å². The van der Waals surface area contributed by atoms with E-state index in [1.165, 1.54) is 5.56 Å². The maximum absolute atomic E-state index is 12.3. The van der Waals surface area contributed by atoms with Gasteiger partial charge in [0.1, 0.15) is 0 Å². The Hall–Kier alpha value is -2.82. The third-order valence-electron chi connectivity index (χ3n) is 4.35. The van der Waals surface area contributed by atoms with Crippen LogP contribution in [0.25, 0.3) is 0 Å². The van der Waals surface area contributed by atoms with E-state index in [1.807, 2.05) is 50.2 Å². The monoisotopic (exact) mass is 368 g/mol. The summed E-state index contributed by atoms with van der Waals surface area (Å²) in [7, 11) is 3.80. The topological polar surface area (TPSA) is 58.6 Å². The molecular formula is C22H28N2O3.